The fourth-order valence-electron chi connectivity index (χ4n) is 4.04. The minimum atomic E-state index is -0.777. The van der Waals surface area contributed by atoms with Crippen LogP contribution in [-0.4, -0.2) is 28.3 Å². The van der Waals surface area contributed by atoms with Crippen LogP contribution in [0.25, 0.3) is 5.76 Å². The lowest BCUT2D eigenvalue weighted by Crippen LogP contribution is -2.29. The fraction of sp³-hybridized carbons (Fsp3) is 0.231. The number of amides is 1. The average molecular weight is 431 g/mol. The van der Waals surface area contributed by atoms with E-state index in [9.17, 15) is 14.7 Å². The molecule has 6 nitrogen and oxygen atoms in total. The number of aliphatic hydroxyl groups excluding tert-OH is 1. The molecule has 1 aliphatic rings. The summed E-state index contributed by atoms with van der Waals surface area (Å²) in [4.78, 5) is 27.7. The predicted molar refractivity (Wildman–Crippen MR) is 120 cm³/mol. The number of aryl methyl sites for hydroxylation is 2. The molecule has 6 heteroatoms. The summed E-state index contributed by atoms with van der Waals surface area (Å²) in [5.74, 6) is -0.412. The number of ketones is 1. The summed E-state index contributed by atoms with van der Waals surface area (Å²) in [6.45, 7) is 6.24. The van der Waals surface area contributed by atoms with Crippen LogP contribution in [0.4, 0.5) is 0 Å². The smallest absolute Gasteiger partial charge is 0.296 e. The summed E-state index contributed by atoms with van der Waals surface area (Å²) in [6.07, 6.45) is 1.52. The normalized spacial score (nSPS) is 17.7. The van der Waals surface area contributed by atoms with E-state index >= 15 is 0 Å². The molecule has 3 aromatic rings. The first-order valence-corrected chi connectivity index (χ1v) is 10.5. The molecule has 2 aromatic carbocycles. The highest BCUT2D eigenvalue weighted by Gasteiger charge is 2.46. The van der Waals surface area contributed by atoms with Gasteiger partial charge in [0, 0.05) is 5.56 Å². The quantitative estimate of drug-likeness (QED) is 0.341. The van der Waals surface area contributed by atoms with Crippen molar-refractivity contribution in [3.8, 4) is 5.75 Å². The van der Waals surface area contributed by atoms with E-state index in [1.807, 2.05) is 57.2 Å². The van der Waals surface area contributed by atoms with Crippen LogP contribution in [0.5, 0.6) is 5.75 Å². The first kappa shape index (κ1) is 21.4. The summed E-state index contributed by atoms with van der Waals surface area (Å²) in [5, 5.41) is 11.3. The fourth-order valence-corrected chi connectivity index (χ4v) is 4.04. The van der Waals surface area contributed by atoms with E-state index in [1.165, 1.54) is 11.2 Å². The maximum absolute atomic E-state index is 13.2. The lowest BCUT2D eigenvalue weighted by atomic mass is 9.93. The Bertz CT molecular complexity index is 1190. The minimum Gasteiger partial charge on any atom is -0.507 e. The van der Waals surface area contributed by atoms with Gasteiger partial charge < -0.3 is 19.2 Å². The van der Waals surface area contributed by atoms with Crippen LogP contribution in [-0.2, 0) is 16.1 Å². The number of furan rings is 1. The molecule has 1 unspecified atom stereocenters. The molecule has 1 amide bonds. The molecule has 0 radical (unpaired) electrons. The predicted octanol–water partition coefficient (Wildman–Crippen LogP) is 4.92. The third kappa shape index (κ3) is 3.91. The molecule has 32 heavy (non-hydrogen) atoms. The highest BCUT2D eigenvalue weighted by atomic mass is 16.5. The molecular weight excluding hydrogens is 406 g/mol. The molecule has 1 fully saturated rings. The van der Waals surface area contributed by atoms with Crippen molar-refractivity contribution in [2.24, 2.45) is 0 Å². The van der Waals surface area contributed by atoms with Crippen LogP contribution in [0.15, 0.2) is 70.9 Å². The first-order valence-electron chi connectivity index (χ1n) is 10.5. The van der Waals surface area contributed by atoms with Crippen molar-refractivity contribution in [1.29, 1.82) is 0 Å². The van der Waals surface area contributed by atoms with Gasteiger partial charge in [0.15, 0.2) is 0 Å². The molecule has 164 valence electrons. The van der Waals surface area contributed by atoms with Gasteiger partial charge in [0.05, 0.1) is 31.0 Å². The van der Waals surface area contributed by atoms with Gasteiger partial charge in [-0.25, -0.2) is 0 Å². The van der Waals surface area contributed by atoms with E-state index in [0.717, 1.165) is 11.1 Å². The standard InChI is InChI=1S/C26H25NO5/c1-4-31-19-8-5-7-18(14-19)23-22(24(28)21-13-16(2)10-11-17(21)3)25(29)26(30)27(23)15-20-9-6-12-32-20/h5-14,23,28H,4,15H2,1-3H3/b24-22+. The molecule has 0 aliphatic carbocycles. The Labute approximate surface area is 186 Å². The van der Waals surface area contributed by atoms with Gasteiger partial charge in [-0.3, -0.25) is 9.59 Å². The molecule has 1 atom stereocenters. The lowest BCUT2D eigenvalue weighted by Gasteiger charge is -2.25. The average Bonchev–Trinajstić information content (AvgIpc) is 3.38. The third-order valence-electron chi connectivity index (χ3n) is 5.58. The summed E-state index contributed by atoms with van der Waals surface area (Å²) in [7, 11) is 0. The van der Waals surface area contributed by atoms with Crippen molar-refractivity contribution in [1.82, 2.24) is 4.90 Å². The van der Waals surface area contributed by atoms with Gasteiger partial charge in [-0.1, -0.05) is 29.8 Å². The van der Waals surface area contributed by atoms with Crippen molar-refractivity contribution in [3.05, 3.63) is 94.4 Å². The Morgan fingerprint density at radius 2 is 1.91 bits per heavy atom. The number of Topliss-reactive ketones (excluding diaryl/α,β-unsaturated/α-hetero) is 1. The van der Waals surface area contributed by atoms with E-state index < -0.39 is 17.7 Å². The zero-order valence-electron chi connectivity index (χ0n) is 18.3. The Kier molecular flexibility index (Phi) is 5.86. The van der Waals surface area contributed by atoms with Gasteiger partial charge in [-0.05, 0) is 62.2 Å². The van der Waals surface area contributed by atoms with Crippen molar-refractivity contribution < 1.29 is 23.8 Å². The Balaban J connectivity index is 1.90. The number of rotatable bonds is 6. The summed E-state index contributed by atoms with van der Waals surface area (Å²) >= 11 is 0. The number of carbonyl (C=O) groups excluding carboxylic acids is 2. The summed E-state index contributed by atoms with van der Waals surface area (Å²) in [5.41, 5.74) is 3.02. The molecule has 0 saturated carbocycles. The number of carbonyl (C=O) groups is 2. The third-order valence-corrected chi connectivity index (χ3v) is 5.58. The van der Waals surface area contributed by atoms with Crippen LogP contribution < -0.4 is 4.74 Å². The van der Waals surface area contributed by atoms with Crippen molar-refractivity contribution in [2.45, 2.75) is 33.4 Å². The molecule has 4 rings (SSSR count). The van der Waals surface area contributed by atoms with Crippen molar-refractivity contribution in [2.75, 3.05) is 6.61 Å². The van der Waals surface area contributed by atoms with E-state index in [0.29, 0.717) is 29.2 Å². The molecule has 1 aliphatic heterocycles. The van der Waals surface area contributed by atoms with E-state index in [1.54, 1.807) is 18.2 Å². The van der Waals surface area contributed by atoms with Crippen LogP contribution in [0, 0.1) is 13.8 Å². The maximum atomic E-state index is 13.2. The number of ether oxygens (including phenoxy) is 1. The zero-order chi connectivity index (χ0) is 22.8. The van der Waals surface area contributed by atoms with Crippen LogP contribution >= 0.6 is 0 Å². The number of hydrogen-bond donors (Lipinski definition) is 1. The van der Waals surface area contributed by atoms with E-state index in [-0.39, 0.29) is 17.9 Å². The Hall–Kier alpha value is -3.80. The molecule has 0 spiro atoms. The highest BCUT2D eigenvalue weighted by molar-refractivity contribution is 6.46. The molecule has 1 N–H and O–H groups in total. The zero-order valence-corrected chi connectivity index (χ0v) is 18.3. The number of benzene rings is 2. The second-order valence-electron chi connectivity index (χ2n) is 7.83. The van der Waals surface area contributed by atoms with Gasteiger partial charge in [0.25, 0.3) is 11.7 Å². The van der Waals surface area contributed by atoms with Crippen molar-refractivity contribution >= 4 is 17.4 Å². The maximum Gasteiger partial charge on any atom is 0.296 e. The van der Waals surface area contributed by atoms with Gasteiger partial charge in [-0.15, -0.1) is 0 Å². The largest absolute Gasteiger partial charge is 0.507 e. The number of hydrogen-bond acceptors (Lipinski definition) is 5. The minimum absolute atomic E-state index is 0.0592. The Morgan fingerprint density at radius 3 is 2.62 bits per heavy atom. The Morgan fingerprint density at radius 1 is 1.09 bits per heavy atom. The van der Waals surface area contributed by atoms with Crippen LogP contribution in [0.1, 0.15) is 41.0 Å². The van der Waals surface area contributed by atoms with E-state index in [4.69, 9.17) is 9.15 Å². The molecule has 1 saturated heterocycles. The van der Waals surface area contributed by atoms with Gasteiger partial charge >= 0.3 is 0 Å². The summed E-state index contributed by atoms with van der Waals surface area (Å²) in [6, 6.07) is 15.6. The highest BCUT2D eigenvalue weighted by Crippen LogP contribution is 2.41. The number of likely N-dealkylation sites (tertiary alicyclic amines) is 1. The van der Waals surface area contributed by atoms with Crippen LogP contribution in [0.2, 0.25) is 0 Å². The van der Waals surface area contributed by atoms with E-state index in [2.05, 4.69) is 0 Å². The molecular formula is C26H25NO5. The second kappa shape index (κ2) is 8.75. The SMILES string of the molecule is CCOc1cccc(C2/C(=C(\O)c3cc(C)ccc3C)C(=O)C(=O)N2Cc2ccco2)c1. The lowest BCUT2D eigenvalue weighted by molar-refractivity contribution is -0.140. The van der Waals surface area contributed by atoms with Crippen molar-refractivity contribution in [3.63, 3.8) is 0 Å². The topological polar surface area (TPSA) is 80.0 Å². The van der Waals surface area contributed by atoms with Gasteiger partial charge in [0.2, 0.25) is 0 Å². The first-order chi connectivity index (χ1) is 15.4. The second-order valence-corrected chi connectivity index (χ2v) is 7.83. The number of nitrogens with zero attached hydrogens (tertiary/aromatic N) is 1. The van der Waals surface area contributed by atoms with Crippen LogP contribution in [0.3, 0.4) is 0 Å². The molecule has 2 heterocycles. The molecule has 0 bridgehead atoms. The number of aliphatic hydroxyl groups is 1. The van der Waals surface area contributed by atoms with Gasteiger partial charge in [-0.2, -0.15) is 0 Å². The van der Waals surface area contributed by atoms with Gasteiger partial charge in [0.1, 0.15) is 17.3 Å². The monoisotopic (exact) mass is 431 g/mol. The summed E-state index contributed by atoms with van der Waals surface area (Å²) < 4.78 is 11.1. The molecule has 1 aromatic heterocycles.